The molecular formula is C9H17P. The van der Waals surface area contributed by atoms with Crippen LogP contribution in [-0.4, -0.2) is 0 Å². The van der Waals surface area contributed by atoms with E-state index in [4.69, 9.17) is 0 Å². The summed E-state index contributed by atoms with van der Waals surface area (Å²) in [7, 11) is 2.61. The van der Waals surface area contributed by atoms with Crippen molar-refractivity contribution in [2.75, 3.05) is 0 Å². The number of hydrogen-bond donors (Lipinski definition) is 0. The molecule has 0 amide bonds. The molecule has 0 aromatic heterocycles. The molecule has 0 saturated heterocycles. The van der Waals surface area contributed by atoms with E-state index >= 15 is 0 Å². The molecule has 0 spiro atoms. The van der Waals surface area contributed by atoms with Crippen molar-refractivity contribution >= 4 is 9.24 Å². The van der Waals surface area contributed by atoms with Gasteiger partial charge in [-0.25, -0.2) is 0 Å². The van der Waals surface area contributed by atoms with Gasteiger partial charge >= 0.3 is 0 Å². The SMILES string of the molecule is C=C/C=C\C(P)=C/C.CC. The second-order valence-electron chi connectivity index (χ2n) is 1.38. The van der Waals surface area contributed by atoms with E-state index in [9.17, 15) is 0 Å². The molecule has 1 heteroatoms. The molecular weight excluding hydrogens is 139 g/mol. The van der Waals surface area contributed by atoms with Crippen LogP contribution in [0.15, 0.2) is 36.2 Å². The van der Waals surface area contributed by atoms with E-state index in [1.54, 1.807) is 6.08 Å². The summed E-state index contributed by atoms with van der Waals surface area (Å²) in [5, 5.41) is 1.19. The molecule has 0 aliphatic carbocycles. The van der Waals surface area contributed by atoms with E-state index < -0.39 is 0 Å². The summed E-state index contributed by atoms with van der Waals surface area (Å²) in [5.74, 6) is 0. The zero-order valence-corrected chi connectivity index (χ0v) is 8.25. The highest BCUT2D eigenvalue weighted by Crippen LogP contribution is 2.04. The average molecular weight is 156 g/mol. The third-order valence-electron chi connectivity index (χ3n) is 0.758. The predicted molar refractivity (Wildman–Crippen MR) is 54.2 cm³/mol. The van der Waals surface area contributed by atoms with Gasteiger partial charge in [0.25, 0.3) is 0 Å². The summed E-state index contributed by atoms with van der Waals surface area (Å²) in [5.41, 5.74) is 0. The fraction of sp³-hybridized carbons (Fsp3) is 0.333. The molecule has 0 radical (unpaired) electrons. The first kappa shape index (κ1) is 12.3. The first-order chi connectivity index (χ1) is 4.81. The molecule has 0 nitrogen and oxygen atoms in total. The lowest BCUT2D eigenvalue weighted by molar-refractivity contribution is 1.50. The van der Waals surface area contributed by atoms with Gasteiger partial charge in [-0.3, -0.25) is 0 Å². The van der Waals surface area contributed by atoms with Crippen molar-refractivity contribution in [3.8, 4) is 0 Å². The minimum absolute atomic E-state index is 1.19. The van der Waals surface area contributed by atoms with Crippen LogP contribution in [0.4, 0.5) is 0 Å². The van der Waals surface area contributed by atoms with Gasteiger partial charge in [0.1, 0.15) is 0 Å². The van der Waals surface area contributed by atoms with Crippen LogP contribution >= 0.6 is 9.24 Å². The highest BCUT2D eigenvalue weighted by atomic mass is 31.0. The highest BCUT2D eigenvalue weighted by Gasteiger charge is 1.70. The lowest BCUT2D eigenvalue weighted by atomic mass is 10.4. The van der Waals surface area contributed by atoms with Crippen molar-refractivity contribution in [2.45, 2.75) is 20.8 Å². The summed E-state index contributed by atoms with van der Waals surface area (Å²) in [4.78, 5) is 0. The Labute approximate surface area is 66.9 Å². The fourth-order valence-corrected chi connectivity index (χ4v) is 0.386. The predicted octanol–water partition coefficient (Wildman–Crippen LogP) is 3.53. The topological polar surface area (TPSA) is 0 Å². The van der Waals surface area contributed by atoms with Crippen LogP contribution in [-0.2, 0) is 0 Å². The average Bonchev–Trinajstić information content (AvgIpc) is 2.04. The minimum atomic E-state index is 1.19. The zero-order valence-electron chi connectivity index (χ0n) is 7.09. The zero-order chi connectivity index (χ0) is 8.41. The molecule has 10 heavy (non-hydrogen) atoms. The molecule has 0 N–H and O–H groups in total. The van der Waals surface area contributed by atoms with Crippen molar-refractivity contribution < 1.29 is 0 Å². The summed E-state index contributed by atoms with van der Waals surface area (Å²) in [6.07, 6.45) is 7.66. The normalized spacial score (nSPS) is 10.6. The molecule has 0 heterocycles. The Balaban J connectivity index is 0. The fourth-order valence-electron chi connectivity index (χ4n) is 0.275. The molecule has 0 aliphatic heterocycles. The van der Waals surface area contributed by atoms with E-state index in [1.165, 1.54) is 5.31 Å². The molecule has 1 atom stereocenters. The largest absolute Gasteiger partial charge is 0.106 e. The maximum atomic E-state index is 3.54. The van der Waals surface area contributed by atoms with Crippen LogP contribution in [0, 0.1) is 0 Å². The summed E-state index contributed by atoms with van der Waals surface area (Å²) >= 11 is 0. The van der Waals surface area contributed by atoms with E-state index in [0.29, 0.717) is 0 Å². The molecule has 0 fully saturated rings. The van der Waals surface area contributed by atoms with Crippen LogP contribution < -0.4 is 0 Å². The Kier molecular flexibility index (Phi) is 14.1. The summed E-state index contributed by atoms with van der Waals surface area (Å²) in [6.45, 7) is 9.54. The van der Waals surface area contributed by atoms with Crippen molar-refractivity contribution in [1.82, 2.24) is 0 Å². The minimum Gasteiger partial charge on any atom is -0.106 e. The third kappa shape index (κ3) is 10.6. The van der Waals surface area contributed by atoms with Crippen LogP contribution in [0.1, 0.15) is 20.8 Å². The number of hydrogen-bond acceptors (Lipinski definition) is 0. The van der Waals surface area contributed by atoms with Gasteiger partial charge in [-0.15, -0.1) is 9.24 Å². The van der Waals surface area contributed by atoms with E-state index in [2.05, 4.69) is 15.8 Å². The molecule has 0 bridgehead atoms. The highest BCUT2D eigenvalue weighted by molar-refractivity contribution is 7.22. The Bertz CT molecular complexity index is 121. The quantitative estimate of drug-likeness (QED) is 0.423. The Morgan fingerprint density at radius 1 is 1.40 bits per heavy atom. The van der Waals surface area contributed by atoms with Gasteiger partial charge in [0, 0.05) is 0 Å². The van der Waals surface area contributed by atoms with Crippen molar-refractivity contribution in [3.05, 3.63) is 36.2 Å². The molecule has 1 unspecified atom stereocenters. The standard InChI is InChI=1S/C7H11P.C2H6/c1-3-5-6-7(8)4-2;1-2/h3-6H,1,8H2,2H3;1-2H3/b6-5-,7-4+;. The van der Waals surface area contributed by atoms with Gasteiger partial charge in [-0.1, -0.05) is 44.7 Å². The summed E-state index contributed by atoms with van der Waals surface area (Å²) in [6, 6.07) is 0. The van der Waals surface area contributed by atoms with Gasteiger partial charge in [-0.05, 0) is 12.2 Å². The lowest BCUT2D eigenvalue weighted by Gasteiger charge is -1.82. The molecule has 0 saturated carbocycles. The van der Waals surface area contributed by atoms with E-state index in [-0.39, 0.29) is 0 Å². The van der Waals surface area contributed by atoms with Gasteiger partial charge in [-0.2, -0.15) is 0 Å². The van der Waals surface area contributed by atoms with Crippen molar-refractivity contribution in [1.29, 1.82) is 0 Å². The van der Waals surface area contributed by atoms with Crippen LogP contribution in [0.25, 0.3) is 0 Å². The lowest BCUT2D eigenvalue weighted by Crippen LogP contribution is -1.55. The van der Waals surface area contributed by atoms with Gasteiger partial charge in [0.2, 0.25) is 0 Å². The molecule has 0 aromatic rings. The van der Waals surface area contributed by atoms with Crippen molar-refractivity contribution in [3.63, 3.8) is 0 Å². The first-order valence-corrected chi connectivity index (χ1v) is 4.10. The molecule has 0 aromatic carbocycles. The Hall–Kier alpha value is -0.350. The van der Waals surface area contributed by atoms with Crippen LogP contribution in [0.2, 0.25) is 0 Å². The number of allylic oxidation sites excluding steroid dienone is 5. The Morgan fingerprint density at radius 3 is 2.20 bits per heavy atom. The number of rotatable bonds is 2. The molecule has 58 valence electrons. The van der Waals surface area contributed by atoms with Gasteiger partial charge in [0.15, 0.2) is 0 Å². The summed E-state index contributed by atoms with van der Waals surface area (Å²) < 4.78 is 0. The first-order valence-electron chi connectivity index (χ1n) is 3.52. The third-order valence-corrected chi connectivity index (χ3v) is 1.28. The second kappa shape index (κ2) is 11.4. The molecule has 0 aliphatic rings. The maximum absolute atomic E-state index is 3.54. The Morgan fingerprint density at radius 2 is 1.90 bits per heavy atom. The van der Waals surface area contributed by atoms with Gasteiger partial charge in [0.05, 0.1) is 0 Å². The maximum Gasteiger partial charge on any atom is -0.0345 e. The smallest absolute Gasteiger partial charge is 0.0345 e. The van der Waals surface area contributed by atoms with Gasteiger partial charge < -0.3 is 0 Å². The van der Waals surface area contributed by atoms with E-state index in [0.717, 1.165) is 0 Å². The molecule has 0 rings (SSSR count). The van der Waals surface area contributed by atoms with E-state index in [1.807, 2.05) is 39.0 Å². The van der Waals surface area contributed by atoms with Crippen LogP contribution in [0.3, 0.4) is 0 Å². The van der Waals surface area contributed by atoms with Crippen LogP contribution in [0.5, 0.6) is 0 Å². The monoisotopic (exact) mass is 156 g/mol. The van der Waals surface area contributed by atoms with Crippen molar-refractivity contribution in [2.24, 2.45) is 0 Å². The second-order valence-corrected chi connectivity index (χ2v) is 2.05.